The van der Waals surface area contributed by atoms with Crippen molar-refractivity contribution in [1.29, 1.82) is 0 Å². The van der Waals surface area contributed by atoms with Crippen LogP contribution in [0.1, 0.15) is 17.3 Å². The lowest BCUT2D eigenvalue weighted by Crippen LogP contribution is -2.41. The van der Waals surface area contributed by atoms with Crippen molar-refractivity contribution in [2.75, 3.05) is 0 Å². The molecule has 0 aliphatic heterocycles. The summed E-state index contributed by atoms with van der Waals surface area (Å²) in [6, 6.07) is 3.09. The molecule has 1 rings (SSSR count). The van der Waals surface area contributed by atoms with Gasteiger partial charge in [0.2, 0.25) is 0 Å². The van der Waals surface area contributed by atoms with Gasteiger partial charge >= 0.3 is 0 Å². The van der Waals surface area contributed by atoms with Gasteiger partial charge in [0.15, 0.2) is 0 Å². The third-order valence-electron chi connectivity index (χ3n) is 1.95. The average Bonchev–Trinajstić information content (AvgIpc) is 2.16. The van der Waals surface area contributed by atoms with E-state index in [4.69, 9.17) is 29.6 Å². The molecule has 0 saturated carbocycles. The van der Waals surface area contributed by atoms with Crippen molar-refractivity contribution in [2.24, 2.45) is 5.73 Å². The molecule has 0 saturated heterocycles. The van der Waals surface area contributed by atoms with Crippen LogP contribution in [0.4, 0.5) is 4.39 Å². The van der Waals surface area contributed by atoms with Gasteiger partial charge in [-0.05, 0) is 25.1 Å². The number of benzene rings is 1. The monoisotopic (exact) mass is 260 g/mol. The summed E-state index contributed by atoms with van der Waals surface area (Å²) in [5.74, 6) is -0.936. The van der Waals surface area contributed by atoms with Crippen molar-refractivity contribution in [3.63, 3.8) is 0 Å². The number of nitrogens with one attached hydrogen (secondary N) is 1. The second-order valence-electron chi connectivity index (χ2n) is 3.22. The van der Waals surface area contributed by atoms with Gasteiger partial charge in [-0.2, -0.15) is 0 Å². The minimum Gasteiger partial charge on any atom is -0.392 e. The quantitative estimate of drug-likeness (QED) is 0.816. The maximum absolute atomic E-state index is 12.7. The third-order valence-corrected chi connectivity index (χ3v) is 2.62. The first-order valence-electron chi connectivity index (χ1n) is 4.47. The molecule has 3 nitrogen and oxygen atoms in total. The van der Waals surface area contributed by atoms with E-state index in [0.29, 0.717) is 0 Å². The summed E-state index contributed by atoms with van der Waals surface area (Å²) >= 11 is 10.4. The number of carbonyl (C=O) groups excluding carboxylic acids is 1. The molecule has 1 aromatic carbocycles. The predicted octanol–water partition coefficient (Wildman–Crippen LogP) is 1.88. The topological polar surface area (TPSA) is 55.1 Å². The van der Waals surface area contributed by atoms with Crippen molar-refractivity contribution < 1.29 is 9.18 Å². The van der Waals surface area contributed by atoms with E-state index in [-0.39, 0.29) is 15.6 Å². The maximum Gasteiger partial charge on any atom is 0.253 e. The second kappa shape index (κ2) is 5.23. The molecule has 86 valence electrons. The fourth-order valence-electron chi connectivity index (χ4n) is 1.02. The standard InChI is InChI=1S/C10H10ClFN2OS/c1-5(9(13)16)14-10(15)7-3-2-6(12)4-8(7)11/h2-5H,1H3,(H2,13,16)(H,14,15). The molecular weight excluding hydrogens is 251 g/mol. The number of thiocarbonyl (C=S) groups is 1. The average molecular weight is 261 g/mol. The van der Waals surface area contributed by atoms with Crippen LogP contribution in [0.25, 0.3) is 0 Å². The minimum absolute atomic E-state index is 0.0487. The first kappa shape index (κ1) is 12.9. The predicted molar refractivity (Wildman–Crippen MR) is 65.1 cm³/mol. The van der Waals surface area contributed by atoms with Gasteiger partial charge in [-0.25, -0.2) is 4.39 Å². The number of amides is 1. The molecular formula is C10H10ClFN2OS. The summed E-state index contributed by atoms with van der Waals surface area (Å²) in [6.45, 7) is 1.65. The van der Waals surface area contributed by atoms with E-state index in [0.717, 1.165) is 12.1 Å². The van der Waals surface area contributed by atoms with E-state index in [9.17, 15) is 9.18 Å². The Labute approximate surface area is 103 Å². The number of hydrogen-bond donors (Lipinski definition) is 2. The van der Waals surface area contributed by atoms with Crippen LogP contribution in [0.5, 0.6) is 0 Å². The summed E-state index contributed by atoms with van der Waals surface area (Å²) in [6.07, 6.45) is 0. The van der Waals surface area contributed by atoms with Gasteiger partial charge in [-0.3, -0.25) is 4.79 Å². The second-order valence-corrected chi connectivity index (χ2v) is 4.10. The number of nitrogens with two attached hydrogens (primary N) is 1. The SMILES string of the molecule is CC(NC(=O)c1ccc(F)cc1Cl)C(N)=S. The lowest BCUT2D eigenvalue weighted by Gasteiger charge is -2.12. The Kier molecular flexibility index (Phi) is 4.20. The fraction of sp³-hybridized carbons (Fsp3) is 0.200. The molecule has 0 heterocycles. The zero-order valence-corrected chi connectivity index (χ0v) is 10.0. The summed E-state index contributed by atoms with van der Waals surface area (Å²) < 4.78 is 12.7. The van der Waals surface area contributed by atoms with Crippen LogP contribution in [0.15, 0.2) is 18.2 Å². The van der Waals surface area contributed by atoms with Crippen molar-refractivity contribution in [3.8, 4) is 0 Å². The largest absolute Gasteiger partial charge is 0.392 e. The molecule has 0 aliphatic rings. The first-order valence-corrected chi connectivity index (χ1v) is 5.25. The molecule has 6 heteroatoms. The van der Waals surface area contributed by atoms with E-state index >= 15 is 0 Å². The highest BCUT2D eigenvalue weighted by Gasteiger charge is 2.14. The van der Waals surface area contributed by atoms with Crippen LogP contribution in [0, 0.1) is 5.82 Å². The smallest absolute Gasteiger partial charge is 0.253 e. The Bertz CT molecular complexity index is 439. The molecule has 0 aliphatic carbocycles. The summed E-state index contributed by atoms with van der Waals surface area (Å²) in [5, 5.41) is 2.59. The third kappa shape index (κ3) is 3.15. The van der Waals surface area contributed by atoms with Gasteiger partial charge in [0, 0.05) is 0 Å². The molecule has 0 spiro atoms. The van der Waals surface area contributed by atoms with Gasteiger partial charge < -0.3 is 11.1 Å². The highest BCUT2D eigenvalue weighted by atomic mass is 35.5. The maximum atomic E-state index is 12.7. The molecule has 0 aromatic heterocycles. The molecule has 16 heavy (non-hydrogen) atoms. The Morgan fingerprint density at radius 1 is 1.62 bits per heavy atom. The van der Waals surface area contributed by atoms with Gasteiger partial charge in [0.05, 0.1) is 21.6 Å². The van der Waals surface area contributed by atoms with E-state index in [1.54, 1.807) is 6.92 Å². The van der Waals surface area contributed by atoms with Crippen LogP contribution in [-0.2, 0) is 0 Å². The van der Waals surface area contributed by atoms with Crippen LogP contribution in [-0.4, -0.2) is 16.9 Å². The van der Waals surface area contributed by atoms with Crippen molar-refractivity contribution in [2.45, 2.75) is 13.0 Å². The highest BCUT2D eigenvalue weighted by molar-refractivity contribution is 7.80. The van der Waals surface area contributed by atoms with E-state index in [1.807, 2.05) is 0 Å². The van der Waals surface area contributed by atoms with Crippen molar-refractivity contribution >= 4 is 34.7 Å². The van der Waals surface area contributed by atoms with Crippen molar-refractivity contribution in [1.82, 2.24) is 5.32 Å². The molecule has 1 atom stereocenters. The molecule has 0 bridgehead atoms. The Hall–Kier alpha value is -1.20. The van der Waals surface area contributed by atoms with Gasteiger partial charge in [-0.15, -0.1) is 0 Å². The molecule has 1 unspecified atom stereocenters. The van der Waals surface area contributed by atoms with E-state index in [2.05, 4.69) is 5.32 Å². The minimum atomic E-state index is -0.496. The Morgan fingerprint density at radius 2 is 2.25 bits per heavy atom. The van der Waals surface area contributed by atoms with Gasteiger partial charge in [0.1, 0.15) is 5.82 Å². The molecule has 1 aromatic rings. The summed E-state index contributed by atoms with van der Waals surface area (Å²) in [4.78, 5) is 11.8. The molecule has 0 fully saturated rings. The normalized spacial score (nSPS) is 11.9. The van der Waals surface area contributed by atoms with E-state index < -0.39 is 17.8 Å². The van der Waals surface area contributed by atoms with E-state index in [1.165, 1.54) is 6.07 Å². The lowest BCUT2D eigenvalue weighted by atomic mass is 10.2. The van der Waals surface area contributed by atoms with Crippen LogP contribution in [0.2, 0.25) is 5.02 Å². The summed E-state index contributed by atoms with van der Waals surface area (Å²) in [7, 11) is 0. The lowest BCUT2D eigenvalue weighted by molar-refractivity contribution is 0.0949. The Morgan fingerprint density at radius 3 is 2.75 bits per heavy atom. The van der Waals surface area contributed by atoms with Crippen molar-refractivity contribution in [3.05, 3.63) is 34.6 Å². The number of halogens is 2. The van der Waals surface area contributed by atoms with Crippen LogP contribution >= 0.6 is 23.8 Å². The van der Waals surface area contributed by atoms with Gasteiger partial charge in [-0.1, -0.05) is 23.8 Å². The number of hydrogen-bond acceptors (Lipinski definition) is 2. The molecule has 1 amide bonds. The van der Waals surface area contributed by atoms with Crippen LogP contribution < -0.4 is 11.1 Å². The zero-order valence-electron chi connectivity index (χ0n) is 8.46. The fourth-order valence-corrected chi connectivity index (χ4v) is 1.33. The molecule has 3 N–H and O–H groups in total. The highest BCUT2D eigenvalue weighted by Crippen LogP contribution is 2.17. The zero-order chi connectivity index (χ0) is 12.3. The van der Waals surface area contributed by atoms with Crippen LogP contribution in [0.3, 0.4) is 0 Å². The first-order chi connectivity index (χ1) is 7.41. The Balaban J connectivity index is 2.85. The summed E-state index contributed by atoms with van der Waals surface area (Å²) in [5.41, 5.74) is 5.53. The number of carbonyl (C=O) groups is 1. The molecule has 0 radical (unpaired) electrons. The van der Waals surface area contributed by atoms with Gasteiger partial charge in [0.25, 0.3) is 5.91 Å². The number of rotatable bonds is 3.